The first kappa shape index (κ1) is 17.8. The van der Waals surface area contributed by atoms with E-state index in [0.717, 1.165) is 11.1 Å². The summed E-state index contributed by atoms with van der Waals surface area (Å²) in [6, 6.07) is 22.1. The fourth-order valence-electron chi connectivity index (χ4n) is 2.86. The number of nitrogens with zero attached hydrogens (tertiary/aromatic N) is 2. The van der Waals surface area contributed by atoms with E-state index >= 15 is 0 Å². The topological polar surface area (TPSA) is 80.2 Å². The lowest BCUT2D eigenvalue weighted by molar-refractivity contribution is 0.483. The zero-order valence-electron chi connectivity index (χ0n) is 13.9. The van der Waals surface area contributed by atoms with Gasteiger partial charge >= 0.3 is 0 Å². The molecule has 7 heteroatoms. The van der Waals surface area contributed by atoms with Crippen LogP contribution in [-0.2, 0) is 10.1 Å². The van der Waals surface area contributed by atoms with Crippen LogP contribution < -0.4 is 0 Å². The van der Waals surface area contributed by atoms with Gasteiger partial charge < -0.3 is 0 Å². The summed E-state index contributed by atoms with van der Waals surface area (Å²) < 4.78 is 32.9. The molecule has 27 heavy (non-hydrogen) atoms. The monoisotopic (exact) mass is 440 g/mol. The van der Waals surface area contributed by atoms with Gasteiger partial charge in [0.1, 0.15) is 10.4 Å². The number of aromatic nitrogens is 2. The van der Waals surface area contributed by atoms with E-state index in [0.29, 0.717) is 22.4 Å². The number of hydrogen-bond acceptors (Lipinski definition) is 4. The number of benzene rings is 3. The standard InChI is InChI=1S/C20H13BrN2O3S/c21-17-16(27(24,25)26)12-11-15-20(17)23-19(14-9-5-2-6-10-14)18(22-15)13-7-3-1-4-8-13/h1-12H,(H,24,25,26). The predicted octanol–water partition coefficient (Wildman–Crippen LogP) is 4.97. The Bertz CT molecular complexity index is 1240. The molecule has 0 saturated heterocycles. The molecular weight excluding hydrogens is 428 g/mol. The van der Waals surface area contributed by atoms with Gasteiger partial charge in [0.25, 0.3) is 10.1 Å². The van der Waals surface area contributed by atoms with Gasteiger partial charge in [0.05, 0.1) is 21.4 Å². The molecule has 3 aromatic carbocycles. The van der Waals surface area contributed by atoms with Crippen molar-refractivity contribution in [3.63, 3.8) is 0 Å². The third-order valence-electron chi connectivity index (χ3n) is 4.11. The summed E-state index contributed by atoms with van der Waals surface area (Å²) in [5.74, 6) is 0. The minimum atomic E-state index is -4.38. The maximum absolute atomic E-state index is 11.6. The quantitative estimate of drug-likeness (QED) is 0.454. The maximum Gasteiger partial charge on any atom is 0.295 e. The number of fused-ring (bicyclic) bond motifs is 1. The van der Waals surface area contributed by atoms with Crippen molar-refractivity contribution in [1.29, 1.82) is 0 Å². The fourth-order valence-corrected chi connectivity index (χ4v) is 4.47. The van der Waals surface area contributed by atoms with E-state index in [2.05, 4.69) is 15.9 Å². The highest BCUT2D eigenvalue weighted by Gasteiger charge is 2.20. The summed E-state index contributed by atoms with van der Waals surface area (Å²) in [7, 11) is -4.38. The third kappa shape index (κ3) is 3.37. The molecule has 1 N–H and O–H groups in total. The van der Waals surface area contributed by atoms with Crippen LogP contribution in [0, 0.1) is 0 Å². The van der Waals surface area contributed by atoms with E-state index in [1.165, 1.54) is 12.1 Å². The summed E-state index contributed by atoms with van der Waals surface area (Å²) in [5, 5.41) is 0. The molecule has 1 aromatic heterocycles. The molecule has 1 heterocycles. The van der Waals surface area contributed by atoms with Gasteiger partial charge in [-0.05, 0) is 28.1 Å². The van der Waals surface area contributed by atoms with Crippen molar-refractivity contribution in [3.8, 4) is 22.5 Å². The normalized spacial score (nSPS) is 11.6. The Morgan fingerprint density at radius 3 is 1.78 bits per heavy atom. The average molecular weight is 441 g/mol. The van der Waals surface area contributed by atoms with Crippen LogP contribution in [0.4, 0.5) is 0 Å². The van der Waals surface area contributed by atoms with Crippen LogP contribution >= 0.6 is 15.9 Å². The number of rotatable bonds is 3. The number of halogens is 1. The Morgan fingerprint density at radius 1 is 0.741 bits per heavy atom. The molecular formula is C20H13BrN2O3S. The van der Waals surface area contributed by atoms with Gasteiger partial charge in [0, 0.05) is 11.1 Å². The largest absolute Gasteiger partial charge is 0.295 e. The molecule has 0 spiro atoms. The Morgan fingerprint density at radius 2 is 1.26 bits per heavy atom. The second kappa shape index (κ2) is 6.84. The Hall–Kier alpha value is -2.61. The lowest BCUT2D eigenvalue weighted by atomic mass is 10.0. The second-order valence-corrected chi connectivity index (χ2v) is 8.06. The molecule has 4 aromatic rings. The third-order valence-corrected chi connectivity index (χ3v) is 6.07. The van der Waals surface area contributed by atoms with Crippen molar-refractivity contribution >= 4 is 37.1 Å². The lowest BCUT2D eigenvalue weighted by Crippen LogP contribution is -2.02. The van der Waals surface area contributed by atoms with Crippen LogP contribution in [0.5, 0.6) is 0 Å². The molecule has 0 aliphatic heterocycles. The highest BCUT2D eigenvalue weighted by atomic mass is 79.9. The summed E-state index contributed by atoms with van der Waals surface area (Å²) in [5.41, 5.74) is 3.97. The minimum Gasteiger partial charge on any atom is -0.282 e. The molecule has 0 radical (unpaired) electrons. The molecule has 0 aliphatic carbocycles. The van der Waals surface area contributed by atoms with Crippen molar-refractivity contribution in [2.75, 3.05) is 0 Å². The molecule has 5 nitrogen and oxygen atoms in total. The zero-order chi connectivity index (χ0) is 19.0. The van der Waals surface area contributed by atoms with Gasteiger partial charge in [0.15, 0.2) is 0 Å². The van der Waals surface area contributed by atoms with E-state index < -0.39 is 10.1 Å². The Balaban J connectivity index is 2.08. The molecule has 0 fully saturated rings. The summed E-state index contributed by atoms with van der Waals surface area (Å²) in [6.45, 7) is 0. The zero-order valence-corrected chi connectivity index (χ0v) is 16.3. The van der Waals surface area contributed by atoms with E-state index in [9.17, 15) is 13.0 Å². The van der Waals surface area contributed by atoms with Crippen LogP contribution in [-0.4, -0.2) is 22.9 Å². The molecule has 134 valence electrons. The molecule has 4 rings (SSSR count). The van der Waals surface area contributed by atoms with E-state index in [1.54, 1.807) is 0 Å². The first-order valence-corrected chi connectivity index (χ1v) is 10.3. The van der Waals surface area contributed by atoms with Gasteiger partial charge in [-0.15, -0.1) is 0 Å². The highest BCUT2D eigenvalue weighted by Crippen LogP contribution is 2.35. The molecule has 0 bridgehead atoms. The Labute approximate surface area is 164 Å². The van der Waals surface area contributed by atoms with Gasteiger partial charge in [-0.2, -0.15) is 8.42 Å². The van der Waals surface area contributed by atoms with Gasteiger partial charge in [-0.1, -0.05) is 60.7 Å². The Kier molecular flexibility index (Phi) is 4.51. The van der Waals surface area contributed by atoms with Crippen LogP contribution in [0.2, 0.25) is 0 Å². The average Bonchev–Trinajstić information content (AvgIpc) is 2.68. The molecule has 0 aliphatic rings. The van der Waals surface area contributed by atoms with Gasteiger partial charge in [0.2, 0.25) is 0 Å². The fraction of sp³-hybridized carbons (Fsp3) is 0. The van der Waals surface area contributed by atoms with Crippen LogP contribution in [0.3, 0.4) is 0 Å². The van der Waals surface area contributed by atoms with Crippen molar-refractivity contribution in [2.24, 2.45) is 0 Å². The van der Waals surface area contributed by atoms with Gasteiger partial charge in [-0.3, -0.25) is 4.55 Å². The SMILES string of the molecule is O=S(=O)(O)c1ccc2nc(-c3ccccc3)c(-c3ccccc3)nc2c1Br. The van der Waals surface area contributed by atoms with Crippen molar-refractivity contribution in [2.45, 2.75) is 4.90 Å². The second-order valence-electron chi connectivity index (χ2n) is 5.87. The van der Waals surface area contributed by atoms with E-state index in [1.807, 2.05) is 60.7 Å². The van der Waals surface area contributed by atoms with Crippen LogP contribution in [0.25, 0.3) is 33.5 Å². The maximum atomic E-state index is 11.6. The summed E-state index contributed by atoms with van der Waals surface area (Å²) in [6.07, 6.45) is 0. The van der Waals surface area contributed by atoms with Crippen LogP contribution in [0.1, 0.15) is 0 Å². The van der Waals surface area contributed by atoms with E-state index in [4.69, 9.17) is 9.97 Å². The number of hydrogen-bond donors (Lipinski definition) is 1. The molecule has 0 saturated carbocycles. The lowest BCUT2D eigenvalue weighted by Gasteiger charge is -2.12. The molecule has 0 amide bonds. The van der Waals surface area contributed by atoms with Crippen LogP contribution in [0.15, 0.2) is 82.2 Å². The first-order chi connectivity index (χ1) is 12.9. The highest BCUT2D eigenvalue weighted by molar-refractivity contribution is 9.10. The molecule has 0 atom stereocenters. The van der Waals surface area contributed by atoms with Gasteiger partial charge in [-0.25, -0.2) is 9.97 Å². The van der Waals surface area contributed by atoms with Crippen molar-refractivity contribution in [3.05, 3.63) is 77.3 Å². The van der Waals surface area contributed by atoms with E-state index in [-0.39, 0.29) is 9.37 Å². The summed E-state index contributed by atoms with van der Waals surface area (Å²) in [4.78, 5) is 9.21. The molecule has 0 unspecified atom stereocenters. The van der Waals surface area contributed by atoms with Crippen molar-refractivity contribution in [1.82, 2.24) is 9.97 Å². The summed E-state index contributed by atoms with van der Waals surface area (Å²) >= 11 is 3.26. The first-order valence-electron chi connectivity index (χ1n) is 8.04. The minimum absolute atomic E-state index is 0.187. The van der Waals surface area contributed by atoms with Crippen molar-refractivity contribution < 1.29 is 13.0 Å². The smallest absolute Gasteiger partial charge is 0.282 e. The predicted molar refractivity (Wildman–Crippen MR) is 108 cm³/mol.